The lowest BCUT2D eigenvalue weighted by Crippen LogP contribution is -2.19. The molecule has 0 radical (unpaired) electrons. The van der Waals surface area contributed by atoms with Crippen LogP contribution >= 0.6 is 11.8 Å². The van der Waals surface area contributed by atoms with Gasteiger partial charge in [0.25, 0.3) is 5.91 Å². The Morgan fingerprint density at radius 3 is 2.82 bits per heavy atom. The number of aromatic carboxylic acids is 1. The van der Waals surface area contributed by atoms with Crippen LogP contribution in [0.1, 0.15) is 29.3 Å². The predicted molar refractivity (Wildman–Crippen MR) is 108 cm³/mol. The first kappa shape index (κ1) is 19.5. The average Bonchev–Trinajstić information content (AvgIpc) is 3.01. The SMILES string of the molecule is CCCOc1ccccc1/C=C1\SC(=Nc2ccc(O)cc2C(=O)O)NC1=O. The molecule has 0 aliphatic carbocycles. The van der Waals surface area contributed by atoms with Gasteiger partial charge in [-0.1, -0.05) is 25.1 Å². The number of aromatic hydroxyl groups is 1. The number of rotatable bonds is 6. The molecule has 0 spiro atoms. The molecule has 144 valence electrons. The number of nitrogens with one attached hydrogen (secondary N) is 1. The third-order valence-electron chi connectivity index (χ3n) is 3.75. The Morgan fingerprint density at radius 1 is 1.29 bits per heavy atom. The maximum absolute atomic E-state index is 12.3. The molecule has 2 aromatic rings. The standard InChI is InChI=1S/C20H18N2O5S/c1-2-9-27-16-6-4-3-5-12(16)10-17-18(24)22-20(28-17)21-15-8-7-13(23)11-14(15)19(25)26/h3-8,10-11,23H,2,9H2,1H3,(H,25,26)(H,21,22,24)/b17-10-. The van der Waals surface area contributed by atoms with Gasteiger partial charge in [-0.2, -0.15) is 0 Å². The van der Waals surface area contributed by atoms with Gasteiger partial charge < -0.3 is 20.3 Å². The quantitative estimate of drug-likeness (QED) is 0.639. The van der Waals surface area contributed by atoms with Crippen molar-refractivity contribution in [3.63, 3.8) is 0 Å². The van der Waals surface area contributed by atoms with Gasteiger partial charge in [-0.15, -0.1) is 0 Å². The second-order valence-electron chi connectivity index (χ2n) is 5.87. The lowest BCUT2D eigenvalue weighted by molar-refractivity contribution is -0.115. The van der Waals surface area contributed by atoms with E-state index >= 15 is 0 Å². The molecule has 3 N–H and O–H groups in total. The van der Waals surface area contributed by atoms with E-state index in [-0.39, 0.29) is 28.1 Å². The second-order valence-corrected chi connectivity index (χ2v) is 6.91. The fraction of sp³-hybridized carbons (Fsp3) is 0.150. The van der Waals surface area contributed by atoms with Gasteiger partial charge in [0, 0.05) is 5.56 Å². The van der Waals surface area contributed by atoms with Crippen molar-refractivity contribution in [3.8, 4) is 11.5 Å². The highest BCUT2D eigenvalue weighted by Crippen LogP contribution is 2.32. The maximum Gasteiger partial charge on any atom is 0.338 e. The Hall–Kier alpha value is -3.26. The highest BCUT2D eigenvalue weighted by atomic mass is 32.2. The van der Waals surface area contributed by atoms with Crippen LogP contribution in [0, 0.1) is 0 Å². The van der Waals surface area contributed by atoms with Crippen molar-refractivity contribution < 1.29 is 24.5 Å². The van der Waals surface area contributed by atoms with Crippen LogP contribution in [0.4, 0.5) is 5.69 Å². The molecule has 28 heavy (non-hydrogen) atoms. The molecule has 1 heterocycles. The molecule has 3 rings (SSSR count). The van der Waals surface area contributed by atoms with E-state index in [0.717, 1.165) is 29.8 Å². The van der Waals surface area contributed by atoms with Gasteiger partial charge in [0.1, 0.15) is 11.5 Å². The van der Waals surface area contributed by atoms with Crippen LogP contribution in [-0.2, 0) is 4.79 Å². The van der Waals surface area contributed by atoms with E-state index < -0.39 is 5.97 Å². The van der Waals surface area contributed by atoms with Crippen LogP contribution in [-0.4, -0.2) is 33.9 Å². The van der Waals surface area contributed by atoms with Crippen LogP contribution in [0.25, 0.3) is 6.08 Å². The number of amidine groups is 1. The smallest absolute Gasteiger partial charge is 0.338 e. The highest BCUT2D eigenvalue weighted by Gasteiger charge is 2.25. The molecular weight excluding hydrogens is 380 g/mol. The minimum absolute atomic E-state index is 0.140. The number of hydrogen-bond acceptors (Lipinski definition) is 6. The first-order valence-electron chi connectivity index (χ1n) is 8.55. The van der Waals surface area contributed by atoms with Gasteiger partial charge in [0.05, 0.1) is 22.8 Å². The number of amides is 1. The number of thioether (sulfide) groups is 1. The zero-order chi connectivity index (χ0) is 20.1. The fourth-order valence-corrected chi connectivity index (χ4v) is 3.29. The number of para-hydroxylation sites is 1. The normalized spacial score (nSPS) is 16.4. The monoisotopic (exact) mass is 398 g/mol. The number of carboxylic acids is 1. The second kappa shape index (κ2) is 8.62. The van der Waals surface area contributed by atoms with Crippen molar-refractivity contribution in [2.45, 2.75) is 13.3 Å². The molecule has 1 aliphatic heterocycles. The summed E-state index contributed by atoms with van der Waals surface area (Å²) in [5.41, 5.74) is 0.754. The minimum Gasteiger partial charge on any atom is -0.508 e. The van der Waals surface area contributed by atoms with Crippen LogP contribution in [0.5, 0.6) is 11.5 Å². The molecule has 0 aromatic heterocycles. The number of carboxylic acid groups (broad SMARTS) is 1. The molecule has 0 atom stereocenters. The van der Waals surface area contributed by atoms with Gasteiger partial charge in [-0.05, 0) is 48.5 Å². The Morgan fingerprint density at radius 2 is 2.07 bits per heavy atom. The summed E-state index contributed by atoms with van der Waals surface area (Å²) in [4.78, 5) is 28.3. The highest BCUT2D eigenvalue weighted by molar-refractivity contribution is 8.18. The number of hydrogen-bond donors (Lipinski definition) is 3. The summed E-state index contributed by atoms with van der Waals surface area (Å²) in [7, 11) is 0. The lowest BCUT2D eigenvalue weighted by atomic mass is 10.2. The zero-order valence-electron chi connectivity index (χ0n) is 15.0. The number of phenols is 1. The van der Waals surface area contributed by atoms with Crippen LogP contribution in [0.3, 0.4) is 0 Å². The van der Waals surface area contributed by atoms with Crippen molar-refractivity contribution in [1.29, 1.82) is 0 Å². The summed E-state index contributed by atoms with van der Waals surface area (Å²) in [6.45, 7) is 2.59. The van der Waals surface area contributed by atoms with Crippen LogP contribution < -0.4 is 10.1 Å². The third kappa shape index (κ3) is 4.52. The molecule has 1 amide bonds. The molecule has 1 saturated heterocycles. The Labute approximate surface area is 165 Å². The molecule has 1 fully saturated rings. The largest absolute Gasteiger partial charge is 0.508 e. The molecule has 2 aromatic carbocycles. The first-order valence-corrected chi connectivity index (χ1v) is 9.37. The van der Waals surface area contributed by atoms with E-state index in [4.69, 9.17) is 4.74 Å². The van der Waals surface area contributed by atoms with E-state index in [1.807, 2.05) is 31.2 Å². The number of nitrogens with zero attached hydrogens (tertiary/aromatic N) is 1. The molecular formula is C20H18N2O5S. The van der Waals surface area contributed by atoms with Crippen LogP contribution in [0.2, 0.25) is 0 Å². The molecule has 0 bridgehead atoms. The number of ether oxygens (including phenoxy) is 1. The van der Waals surface area contributed by atoms with Gasteiger partial charge in [-0.3, -0.25) is 4.79 Å². The summed E-state index contributed by atoms with van der Waals surface area (Å²) in [5.74, 6) is -1.04. The molecule has 0 saturated carbocycles. The number of aliphatic imine (C=N–C) groups is 1. The Balaban J connectivity index is 1.88. The fourth-order valence-electron chi connectivity index (χ4n) is 2.47. The maximum atomic E-state index is 12.3. The van der Waals surface area contributed by atoms with Gasteiger partial charge in [-0.25, -0.2) is 9.79 Å². The molecule has 7 nitrogen and oxygen atoms in total. The van der Waals surface area contributed by atoms with Crippen molar-refractivity contribution >= 4 is 40.6 Å². The van der Waals surface area contributed by atoms with Crippen molar-refractivity contribution in [2.75, 3.05) is 6.61 Å². The summed E-state index contributed by atoms with van der Waals surface area (Å²) < 4.78 is 5.70. The van der Waals surface area contributed by atoms with E-state index in [9.17, 15) is 19.8 Å². The van der Waals surface area contributed by atoms with Gasteiger partial charge in [0.15, 0.2) is 5.17 Å². The summed E-state index contributed by atoms with van der Waals surface area (Å²) >= 11 is 1.11. The van der Waals surface area contributed by atoms with E-state index in [2.05, 4.69) is 10.3 Å². The zero-order valence-corrected chi connectivity index (χ0v) is 15.8. The number of carbonyl (C=O) groups is 2. The number of phenolic OH excluding ortho intramolecular Hbond substituents is 1. The van der Waals surface area contributed by atoms with Gasteiger partial charge in [0.2, 0.25) is 0 Å². The van der Waals surface area contributed by atoms with Crippen LogP contribution in [0.15, 0.2) is 52.4 Å². The first-order chi connectivity index (χ1) is 13.5. The van der Waals surface area contributed by atoms with Crippen molar-refractivity contribution in [3.05, 3.63) is 58.5 Å². The van der Waals surface area contributed by atoms with E-state index in [0.29, 0.717) is 17.3 Å². The molecule has 1 aliphatic rings. The summed E-state index contributed by atoms with van der Waals surface area (Å²) in [6.07, 6.45) is 2.58. The minimum atomic E-state index is -1.22. The Kier molecular flexibility index (Phi) is 6.00. The van der Waals surface area contributed by atoms with Crippen molar-refractivity contribution in [1.82, 2.24) is 5.32 Å². The predicted octanol–water partition coefficient (Wildman–Crippen LogP) is 3.77. The summed E-state index contributed by atoms with van der Waals surface area (Å²) in [6, 6.07) is 11.2. The Bertz CT molecular complexity index is 984. The number of carbonyl (C=O) groups excluding carboxylic acids is 1. The van der Waals surface area contributed by atoms with Gasteiger partial charge >= 0.3 is 5.97 Å². The van der Waals surface area contributed by atoms with E-state index in [1.165, 1.54) is 12.1 Å². The lowest BCUT2D eigenvalue weighted by Gasteiger charge is -2.07. The average molecular weight is 398 g/mol. The van der Waals surface area contributed by atoms with Crippen molar-refractivity contribution in [2.24, 2.45) is 4.99 Å². The molecule has 8 heteroatoms. The topological polar surface area (TPSA) is 108 Å². The molecule has 0 unspecified atom stereocenters. The van der Waals surface area contributed by atoms with E-state index in [1.54, 1.807) is 6.08 Å². The third-order valence-corrected chi connectivity index (χ3v) is 4.66. The summed E-state index contributed by atoms with van der Waals surface area (Å²) in [5, 5.41) is 21.6. The number of benzene rings is 2.